The second-order valence-corrected chi connectivity index (χ2v) is 15.0. The Balaban J connectivity index is 1.11. The van der Waals surface area contributed by atoms with E-state index in [1.165, 1.54) is 0 Å². The van der Waals surface area contributed by atoms with Gasteiger partial charge in [0.15, 0.2) is 0 Å². The van der Waals surface area contributed by atoms with Gasteiger partial charge in [-0.2, -0.15) is 0 Å². The minimum atomic E-state index is -0.707. The summed E-state index contributed by atoms with van der Waals surface area (Å²) in [5.74, 6) is -3.49. The third-order valence-corrected chi connectivity index (χ3v) is 9.25. The monoisotopic (exact) mass is 1060 g/mol. The molecular weight excluding hydrogens is 980 g/mol. The summed E-state index contributed by atoms with van der Waals surface area (Å²) in [6, 6.07) is 0. The molecule has 0 aliphatic carbocycles. The summed E-state index contributed by atoms with van der Waals surface area (Å²) in [5, 5.41) is 1.03. The number of nitrogens with zero attached hydrogens (tertiary/aromatic N) is 2. The first-order valence-corrected chi connectivity index (χ1v) is 24.8. The van der Waals surface area contributed by atoms with Gasteiger partial charge >= 0.3 is 11.9 Å². The zero-order chi connectivity index (χ0) is 52.3. The molecule has 4 amide bonds. The van der Waals surface area contributed by atoms with Crippen LogP contribution in [-0.2, 0) is 119 Å². The van der Waals surface area contributed by atoms with E-state index in [-0.39, 0.29) is 65.0 Å². The average molecular weight is 1060 g/mol. The molecule has 2 aliphatic rings. The van der Waals surface area contributed by atoms with Gasteiger partial charge < -0.3 is 90.2 Å². The fourth-order valence-corrected chi connectivity index (χ4v) is 5.54. The molecule has 27 heteroatoms. The highest BCUT2D eigenvalue weighted by atomic mass is 16.7. The van der Waals surface area contributed by atoms with Crippen molar-refractivity contribution in [3.63, 3.8) is 0 Å². The molecule has 0 saturated carbocycles. The van der Waals surface area contributed by atoms with Gasteiger partial charge in [-0.3, -0.25) is 19.2 Å². The van der Waals surface area contributed by atoms with Crippen molar-refractivity contribution in [1.29, 1.82) is 0 Å². The molecule has 2 rings (SSSR count). The first-order chi connectivity index (χ1) is 35.9. The largest absolute Gasteiger partial charge is 0.378 e. The molecule has 0 aromatic carbocycles. The summed E-state index contributed by atoms with van der Waals surface area (Å²) in [6.07, 6.45) is 0.0341. The Labute approximate surface area is 427 Å². The minimum absolute atomic E-state index is 0.0506. The topological polar surface area (TPSA) is 284 Å². The van der Waals surface area contributed by atoms with Crippen LogP contribution in [0.1, 0.15) is 38.5 Å². The number of hydrogen-bond donors (Lipinski definition) is 0. The van der Waals surface area contributed by atoms with Crippen LogP contribution in [0.4, 0.5) is 0 Å². The van der Waals surface area contributed by atoms with Crippen LogP contribution in [-0.4, -0.2) is 270 Å². The molecule has 2 saturated heterocycles. The van der Waals surface area contributed by atoms with Crippen LogP contribution in [0.25, 0.3) is 0 Å². The van der Waals surface area contributed by atoms with Crippen LogP contribution in [0.3, 0.4) is 0 Å². The van der Waals surface area contributed by atoms with Gasteiger partial charge in [-0.15, -0.1) is 10.1 Å². The van der Waals surface area contributed by atoms with Gasteiger partial charge in [0.05, 0.1) is 237 Å². The normalized spacial score (nSPS) is 13.9. The summed E-state index contributed by atoms with van der Waals surface area (Å²) in [6.45, 7) is 13.8. The number of rotatable bonds is 56. The van der Waals surface area contributed by atoms with Crippen LogP contribution < -0.4 is 0 Å². The van der Waals surface area contributed by atoms with E-state index in [4.69, 9.17) is 90.2 Å². The van der Waals surface area contributed by atoms with Crippen molar-refractivity contribution in [2.45, 2.75) is 38.5 Å². The molecule has 424 valence electrons. The van der Waals surface area contributed by atoms with E-state index in [9.17, 15) is 28.8 Å². The molecule has 2 aliphatic heterocycles. The van der Waals surface area contributed by atoms with E-state index in [1.54, 1.807) is 0 Å². The van der Waals surface area contributed by atoms with Crippen molar-refractivity contribution in [2.75, 3.05) is 225 Å². The molecule has 0 spiro atoms. The lowest BCUT2D eigenvalue weighted by molar-refractivity contribution is -0.198. The number of ether oxygens (including phenoxy) is 17. The number of hydroxylamine groups is 4. The van der Waals surface area contributed by atoms with Gasteiger partial charge in [-0.1, -0.05) is 0 Å². The third-order valence-electron chi connectivity index (χ3n) is 9.25. The molecule has 0 bridgehead atoms. The molecule has 27 nitrogen and oxygen atoms in total. The van der Waals surface area contributed by atoms with Crippen LogP contribution in [0, 0.1) is 0 Å². The number of imide groups is 2. The van der Waals surface area contributed by atoms with Crippen LogP contribution in [0.2, 0.25) is 0 Å². The minimum Gasteiger partial charge on any atom is -0.378 e. The fourth-order valence-electron chi connectivity index (χ4n) is 5.54. The molecule has 2 heterocycles. The lowest BCUT2D eigenvalue weighted by atomic mass is 10.4. The van der Waals surface area contributed by atoms with Crippen molar-refractivity contribution >= 4 is 35.6 Å². The Kier molecular flexibility index (Phi) is 44.4. The third kappa shape index (κ3) is 40.5. The summed E-state index contributed by atoms with van der Waals surface area (Å²) in [7, 11) is 0. The molecule has 0 aromatic heterocycles. The quantitative estimate of drug-likeness (QED) is 0.0536. The Hall–Kier alpha value is -3.46. The van der Waals surface area contributed by atoms with Gasteiger partial charge in [0, 0.05) is 25.7 Å². The molecule has 2 fully saturated rings. The summed E-state index contributed by atoms with van der Waals surface area (Å²) in [4.78, 5) is 78.6. The highest BCUT2D eigenvalue weighted by Gasteiger charge is 2.33. The molecule has 0 radical (unpaired) electrons. The van der Waals surface area contributed by atoms with E-state index in [1.807, 2.05) is 0 Å². The van der Waals surface area contributed by atoms with Gasteiger partial charge in [0.2, 0.25) is 0 Å². The number of carbonyl (C=O) groups is 6. The predicted molar refractivity (Wildman–Crippen MR) is 248 cm³/mol. The standard InChI is InChI=1S/C46H80N2O25/c49-41-1-2-42(50)47(41)72-45(53)5-7-55-9-11-57-13-15-59-17-19-61-21-23-63-25-27-65-29-31-67-33-35-69-37-39-71-40-38-70-36-34-68-32-30-66-28-26-64-24-22-62-20-18-60-16-14-58-12-10-56-8-6-46(54)73-48-43(51)3-4-44(48)52/h1-40H2. The molecule has 0 unspecified atom stereocenters. The number of carbonyl (C=O) groups excluding carboxylic acids is 6. The van der Waals surface area contributed by atoms with Gasteiger partial charge in [-0.25, -0.2) is 9.59 Å². The number of amides is 4. The van der Waals surface area contributed by atoms with Crippen molar-refractivity contribution in [1.82, 2.24) is 10.1 Å². The molecule has 0 aromatic rings. The van der Waals surface area contributed by atoms with E-state index in [0.717, 1.165) is 0 Å². The lowest BCUT2D eigenvalue weighted by Gasteiger charge is -2.12. The predicted octanol–water partition coefficient (Wildman–Crippen LogP) is -0.737. The first-order valence-electron chi connectivity index (χ1n) is 24.8. The van der Waals surface area contributed by atoms with Gasteiger partial charge in [-0.05, 0) is 0 Å². The second kappa shape index (κ2) is 49.4. The van der Waals surface area contributed by atoms with Crippen molar-refractivity contribution in [2.24, 2.45) is 0 Å². The van der Waals surface area contributed by atoms with E-state index < -0.39 is 35.6 Å². The first kappa shape index (κ1) is 65.7. The van der Waals surface area contributed by atoms with Crippen molar-refractivity contribution in [3.05, 3.63) is 0 Å². The molecular formula is C46H80N2O25. The SMILES string of the molecule is O=C(CCOCCOCCOCCOCCOCCOCCOCCOCCOCCOCCOCCOCCOCCOCCOCCOCCOCCC(=O)ON1C(=O)CCC1=O)ON1C(=O)CCC1=O. The highest BCUT2D eigenvalue weighted by molar-refractivity contribution is 6.02. The van der Waals surface area contributed by atoms with Crippen LogP contribution in [0.5, 0.6) is 0 Å². The van der Waals surface area contributed by atoms with E-state index in [0.29, 0.717) is 208 Å². The van der Waals surface area contributed by atoms with Crippen LogP contribution in [0.15, 0.2) is 0 Å². The molecule has 73 heavy (non-hydrogen) atoms. The summed E-state index contributed by atoms with van der Waals surface area (Å²) < 4.78 is 92.6. The van der Waals surface area contributed by atoms with Gasteiger partial charge in [0.1, 0.15) is 0 Å². The number of hydrogen-bond acceptors (Lipinski definition) is 25. The zero-order valence-corrected chi connectivity index (χ0v) is 42.4. The molecule has 0 atom stereocenters. The second-order valence-electron chi connectivity index (χ2n) is 15.0. The maximum Gasteiger partial charge on any atom is 0.335 e. The van der Waals surface area contributed by atoms with Crippen molar-refractivity contribution in [3.8, 4) is 0 Å². The Morgan fingerprint density at radius 1 is 0.233 bits per heavy atom. The lowest BCUT2D eigenvalue weighted by Crippen LogP contribution is -2.32. The zero-order valence-electron chi connectivity index (χ0n) is 42.4. The summed E-state index contributed by atoms with van der Waals surface area (Å²) in [5.41, 5.74) is 0. The maximum absolute atomic E-state index is 11.7. The van der Waals surface area contributed by atoms with Crippen molar-refractivity contribution < 1.29 is 119 Å². The average Bonchev–Trinajstić information content (AvgIpc) is 3.87. The fraction of sp³-hybridized carbons (Fsp3) is 0.870. The highest BCUT2D eigenvalue weighted by Crippen LogP contribution is 2.13. The smallest absolute Gasteiger partial charge is 0.335 e. The maximum atomic E-state index is 11.7. The molecule has 0 N–H and O–H groups in total. The van der Waals surface area contributed by atoms with E-state index >= 15 is 0 Å². The van der Waals surface area contributed by atoms with Gasteiger partial charge in [0.25, 0.3) is 23.6 Å². The van der Waals surface area contributed by atoms with Crippen LogP contribution >= 0.6 is 0 Å². The van der Waals surface area contributed by atoms with E-state index in [2.05, 4.69) is 0 Å². The Morgan fingerprint density at radius 3 is 0.493 bits per heavy atom. The Morgan fingerprint density at radius 2 is 0.356 bits per heavy atom. The summed E-state index contributed by atoms with van der Waals surface area (Å²) >= 11 is 0. The Bertz CT molecular complexity index is 1270.